The summed E-state index contributed by atoms with van der Waals surface area (Å²) in [5, 5.41) is 25.5. The Morgan fingerprint density at radius 3 is 2.30 bits per heavy atom. The highest BCUT2D eigenvalue weighted by Gasteiger charge is 2.16. The van der Waals surface area contributed by atoms with E-state index in [2.05, 4.69) is 9.78 Å². The molecule has 0 amide bonds. The predicted molar refractivity (Wildman–Crippen MR) is 31.6 cm³/mol. The van der Waals surface area contributed by atoms with Gasteiger partial charge in [-0.3, -0.25) is 0 Å². The average molecular weight is 152 g/mol. The van der Waals surface area contributed by atoms with Crippen molar-refractivity contribution >= 4 is 0 Å². The fraction of sp³-hybridized carbons (Fsp3) is 1.00. The summed E-state index contributed by atoms with van der Waals surface area (Å²) in [6.45, 7) is 2.38. The molecule has 0 saturated carbocycles. The van der Waals surface area contributed by atoms with Crippen LogP contribution in [0.1, 0.15) is 13.8 Å². The van der Waals surface area contributed by atoms with Gasteiger partial charge in [-0.2, -0.15) is 4.89 Å². The first-order valence-corrected chi connectivity index (χ1v) is 2.85. The molecule has 0 aliphatic heterocycles. The molecular weight excluding hydrogens is 140 g/mol. The minimum atomic E-state index is -2.30. The maximum absolute atomic E-state index is 8.58. The van der Waals surface area contributed by atoms with Crippen LogP contribution in [0.15, 0.2) is 0 Å². The van der Waals surface area contributed by atoms with Gasteiger partial charge < -0.3 is 15.3 Å². The molecule has 0 aliphatic rings. The lowest BCUT2D eigenvalue weighted by atomic mass is 10.5. The van der Waals surface area contributed by atoms with Gasteiger partial charge in [0, 0.05) is 6.92 Å². The molecule has 0 bridgehead atoms. The van der Waals surface area contributed by atoms with Crippen LogP contribution in [0.5, 0.6) is 0 Å². The van der Waals surface area contributed by atoms with Crippen LogP contribution in [0, 0.1) is 0 Å². The number of hydrogen-bond acceptors (Lipinski definition) is 5. The standard InChI is InChI=1S/C5H12O5/c1-4(6)3-9-10-5(2,7)8/h4,6-8H,3H2,1-2H3. The molecule has 0 saturated heterocycles. The Balaban J connectivity index is 3.21. The van der Waals surface area contributed by atoms with Gasteiger partial charge in [-0.1, -0.05) is 0 Å². The van der Waals surface area contributed by atoms with Gasteiger partial charge in [-0.05, 0) is 6.92 Å². The van der Waals surface area contributed by atoms with Crippen LogP contribution in [0.25, 0.3) is 0 Å². The Bertz CT molecular complexity index is 84.5. The predicted octanol–water partition coefficient (Wildman–Crippen LogP) is -1.03. The van der Waals surface area contributed by atoms with Crippen LogP contribution < -0.4 is 0 Å². The fourth-order valence-corrected chi connectivity index (χ4v) is 0.244. The van der Waals surface area contributed by atoms with Gasteiger partial charge in [0.25, 0.3) is 0 Å². The van der Waals surface area contributed by atoms with Gasteiger partial charge in [0.15, 0.2) is 0 Å². The summed E-state index contributed by atoms with van der Waals surface area (Å²) in [5.41, 5.74) is 0. The lowest BCUT2D eigenvalue weighted by Gasteiger charge is -2.14. The third-order valence-electron chi connectivity index (χ3n) is 0.526. The van der Waals surface area contributed by atoms with Crippen LogP contribution in [-0.2, 0) is 9.78 Å². The van der Waals surface area contributed by atoms with Gasteiger partial charge in [-0.15, -0.1) is 0 Å². The minimum Gasteiger partial charge on any atom is -0.391 e. The summed E-state index contributed by atoms with van der Waals surface area (Å²) in [5.74, 6) is -2.30. The van der Waals surface area contributed by atoms with E-state index < -0.39 is 12.1 Å². The summed E-state index contributed by atoms with van der Waals surface area (Å²) >= 11 is 0. The zero-order chi connectivity index (χ0) is 8.20. The van der Waals surface area contributed by atoms with E-state index in [1.165, 1.54) is 6.92 Å². The van der Waals surface area contributed by atoms with E-state index in [-0.39, 0.29) is 6.61 Å². The molecule has 5 nitrogen and oxygen atoms in total. The molecule has 0 heterocycles. The quantitative estimate of drug-likeness (QED) is 0.273. The molecule has 0 aromatic carbocycles. The maximum atomic E-state index is 8.58. The maximum Gasteiger partial charge on any atom is 0.304 e. The Kier molecular flexibility index (Phi) is 3.77. The summed E-state index contributed by atoms with van der Waals surface area (Å²) in [6, 6.07) is 0. The first kappa shape index (κ1) is 9.80. The monoisotopic (exact) mass is 152 g/mol. The third-order valence-corrected chi connectivity index (χ3v) is 0.526. The zero-order valence-electron chi connectivity index (χ0n) is 5.94. The molecule has 0 aromatic heterocycles. The van der Waals surface area contributed by atoms with E-state index >= 15 is 0 Å². The molecule has 0 fully saturated rings. The van der Waals surface area contributed by atoms with Crippen LogP contribution in [0.4, 0.5) is 0 Å². The lowest BCUT2D eigenvalue weighted by Crippen LogP contribution is -2.28. The van der Waals surface area contributed by atoms with Crippen molar-refractivity contribution in [1.29, 1.82) is 0 Å². The van der Waals surface area contributed by atoms with Crippen molar-refractivity contribution in [3.8, 4) is 0 Å². The highest BCUT2D eigenvalue weighted by Crippen LogP contribution is 1.99. The van der Waals surface area contributed by atoms with Crippen molar-refractivity contribution in [2.45, 2.75) is 25.9 Å². The number of hydrogen-bond donors (Lipinski definition) is 3. The summed E-state index contributed by atoms with van der Waals surface area (Å²) < 4.78 is 0. The second kappa shape index (κ2) is 3.85. The highest BCUT2D eigenvalue weighted by molar-refractivity contribution is 4.37. The Morgan fingerprint density at radius 1 is 1.50 bits per heavy atom. The van der Waals surface area contributed by atoms with Crippen LogP contribution in [-0.4, -0.2) is 34.0 Å². The van der Waals surface area contributed by atoms with Crippen LogP contribution in [0.2, 0.25) is 0 Å². The molecule has 1 atom stereocenters. The van der Waals surface area contributed by atoms with E-state index in [0.717, 1.165) is 6.92 Å². The third kappa shape index (κ3) is 7.80. The van der Waals surface area contributed by atoms with Gasteiger partial charge in [-0.25, -0.2) is 4.89 Å². The Morgan fingerprint density at radius 2 is 2.00 bits per heavy atom. The highest BCUT2D eigenvalue weighted by atomic mass is 17.2. The average Bonchev–Trinajstić information content (AvgIpc) is 1.59. The topological polar surface area (TPSA) is 79.2 Å². The molecule has 0 radical (unpaired) electrons. The number of rotatable bonds is 4. The molecule has 3 N–H and O–H groups in total. The smallest absolute Gasteiger partial charge is 0.304 e. The second-order valence-electron chi connectivity index (χ2n) is 2.15. The van der Waals surface area contributed by atoms with Crippen molar-refractivity contribution in [1.82, 2.24) is 0 Å². The minimum absolute atomic E-state index is 0.100. The number of aliphatic hydroxyl groups is 3. The van der Waals surface area contributed by atoms with Crippen LogP contribution >= 0.6 is 0 Å². The van der Waals surface area contributed by atoms with Gasteiger partial charge in [0.2, 0.25) is 0 Å². The van der Waals surface area contributed by atoms with Crippen molar-refractivity contribution < 1.29 is 25.1 Å². The van der Waals surface area contributed by atoms with E-state index in [4.69, 9.17) is 15.3 Å². The molecule has 5 heteroatoms. The molecular formula is C5H12O5. The molecule has 10 heavy (non-hydrogen) atoms. The van der Waals surface area contributed by atoms with Gasteiger partial charge in [0.05, 0.1) is 6.10 Å². The van der Waals surface area contributed by atoms with Gasteiger partial charge in [0.1, 0.15) is 6.61 Å². The van der Waals surface area contributed by atoms with Crippen molar-refractivity contribution in [3.05, 3.63) is 0 Å². The van der Waals surface area contributed by atoms with E-state index in [1.54, 1.807) is 0 Å². The second-order valence-corrected chi connectivity index (χ2v) is 2.15. The molecule has 0 aliphatic carbocycles. The SMILES string of the molecule is CC(O)COOC(C)(O)O. The Hall–Kier alpha value is -0.200. The van der Waals surface area contributed by atoms with E-state index in [1.807, 2.05) is 0 Å². The van der Waals surface area contributed by atoms with Crippen molar-refractivity contribution in [2.24, 2.45) is 0 Å². The van der Waals surface area contributed by atoms with Gasteiger partial charge >= 0.3 is 5.97 Å². The summed E-state index contributed by atoms with van der Waals surface area (Å²) in [7, 11) is 0. The first-order chi connectivity index (χ1) is 4.42. The molecule has 0 aromatic rings. The molecule has 0 rings (SSSR count). The zero-order valence-corrected chi connectivity index (χ0v) is 5.94. The van der Waals surface area contributed by atoms with Crippen LogP contribution in [0.3, 0.4) is 0 Å². The molecule has 1 unspecified atom stereocenters. The molecule has 62 valence electrons. The molecule has 0 spiro atoms. The summed E-state index contributed by atoms with van der Waals surface area (Å²) in [4.78, 5) is 8.20. The normalized spacial score (nSPS) is 15.3. The first-order valence-electron chi connectivity index (χ1n) is 2.85. The van der Waals surface area contributed by atoms with E-state index in [0.29, 0.717) is 0 Å². The largest absolute Gasteiger partial charge is 0.391 e. The van der Waals surface area contributed by atoms with Crippen molar-refractivity contribution in [2.75, 3.05) is 6.61 Å². The summed E-state index contributed by atoms with van der Waals surface area (Å²) in [6.07, 6.45) is -0.692. The number of aliphatic hydroxyl groups excluding tert-OH is 1. The lowest BCUT2D eigenvalue weighted by molar-refractivity contribution is -0.483. The van der Waals surface area contributed by atoms with E-state index in [9.17, 15) is 0 Å². The Labute approximate surface area is 58.7 Å². The fourth-order valence-electron chi connectivity index (χ4n) is 0.244. The van der Waals surface area contributed by atoms with Crippen molar-refractivity contribution in [3.63, 3.8) is 0 Å².